The van der Waals surface area contributed by atoms with Gasteiger partial charge in [-0.15, -0.1) is 0 Å². The molecule has 0 aliphatic rings. The fraction of sp³-hybridized carbons (Fsp3) is 0.714. The van der Waals surface area contributed by atoms with Crippen molar-refractivity contribution in [2.45, 2.75) is 76.8 Å². The molecule has 3 atom stereocenters. The van der Waals surface area contributed by atoms with Gasteiger partial charge in [0.1, 0.15) is 0 Å². The molecule has 0 saturated heterocycles. The second-order valence-corrected chi connectivity index (χ2v) is 12.9. The van der Waals surface area contributed by atoms with Crippen molar-refractivity contribution in [2.75, 3.05) is 0 Å². The van der Waals surface area contributed by atoms with Crippen LogP contribution in [0.25, 0.3) is 0 Å². The summed E-state index contributed by atoms with van der Waals surface area (Å²) in [5, 5.41) is 0. The van der Waals surface area contributed by atoms with Crippen LogP contribution in [0.2, 0.25) is 0 Å². The Hall–Kier alpha value is 0.660. The number of benzene rings is 1. The molecule has 0 heterocycles. The molecular weight excluding hydrogens is 492 g/mol. The average Bonchev–Trinajstić information content (AvgIpc) is 2.41. The minimum absolute atomic E-state index is 0.170. The predicted octanol–water partition coefficient (Wildman–Crippen LogP) is 9.13. The SMILES string of the molecule is CC(C)(C)C(Br)c1cc(C(Br)C(C)(C)C)cc(C(Br)C(C)(C)C)c1. The van der Waals surface area contributed by atoms with E-state index in [1.54, 1.807) is 0 Å². The first-order chi connectivity index (χ1) is 10.5. The van der Waals surface area contributed by atoms with Crippen LogP contribution in [0.1, 0.15) is 93.5 Å². The summed E-state index contributed by atoms with van der Waals surface area (Å²) < 4.78 is 0. The minimum atomic E-state index is 0.170. The zero-order valence-corrected chi connectivity index (χ0v) is 21.4. The van der Waals surface area contributed by atoms with E-state index < -0.39 is 0 Å². The summed E-state index contributed by atoms with van der Waals surface area (Å²) in [6, 6.07) is 7.09. The highest BCUT2D eigenvalue weighted by molar-refractivity contribution is 9.09. The van der Waals surface area contributed by atoms with E-state index in [0.29, 0.717) is 14.5 Å². The summed E-state index contributed by atoms with van der Waals surface area (Å²) in [5.74, 6) is 0. The molecule has 0 saturated carbocycles. The Morgan fingerprint density at radius 1 is 0.500 bits per heavy atom. The maximum atomic E-state index is 3.94. The minimum Gasteiger partial charge on any atom is -0.0833 e. The van der Waals surface area contributed by atoms with Gasteiger partial charge in [0.2, 0.25) is 0 Å². The van der Waals surface area contributed by atoms with Gasteiger partial charge in [-0.2, -0.15) is 0 Å². The highest BCUT2D eigenvalue weighted by Gasteiger charge is 2.30. The van der Waals surface area contributed by atoms with E-state index in [9.17, 15) is 0 Å². The molecule has 0 nitrogen and oxygen atoms in total. The third-order valence-corrected chi connectivity index (χ3v) is 9.87. The first-order valence-corrected chi connectivity index (χ1v) is 11.4. The van der Waals surface area contributed by atoms with Crippen molar-refractivity contribution in [3.63, 3.8) is 0 Å². The predicted molar refractivity (Wildman–Crippen MR) is 120 cm³/mol. The summed E-state index contributed by atoms with van der Waals surface area (Å²) in [4.78, 5) is 0.967. The molecule has 3 unspecified atom stereocenters. The van der Waals surface area contributed by atoms with E-state index in [-0.39, 0.29) is 16.2 Å². The van der Waals surface area contributed by atoms with Crippen molar-refractivity contribution in [2.24, 2.45) is 16.2 Å². The van der Waals surface area contributed by atoms with Crippen LogP contribution in [-0.2, 0) is 0 Å². The third-order valence-electron chi connectivity index (χ3n) is 4.16. The Bertz CT molecular complexity index is 463. The van der Waals surface area contributed by atoms with Gasteiger partial charge in [-0.05, 0) is 32.9 Å². The van der Waals surface area contributed by atoms with E-state index in [2.05, 4.69) is 128 Å². The van der Waals surface area contributed by atoms with E-state index in [1.165, 1.54) is 16.7 Å². The molecule has 1 aromatic rings. The summed E-state index contributed by atoms with van der Waals surface area (Å²) in [7, 11) is 0. The number of halogens is 3. The van der Waals surface area contributed by atoms with Crippen LogP contribution >= 0.6 is 47.8 Å². The topological polar surface area (TPSA) is 0 Å². The van der Waals surface area contributed by atoms with Crippen molar-refractivity contribution < 1.29 is 0 Å². The lowest BCUT2D eigenvalue weighted by molar-refractivity contribution is 0.396. The smallest absolute Gasteiger partial charge is 0.0443 e. The van der Waals surface area contributed by atoms with Crippen LogP contribution in [0.15, 0.2) is 18.2 Å². The Labute approximate surface area is 175 Å². The zero-order valence-electron chi connectivity index (χ0n) is 16.6. The molecule has 0 spiro atoms. The lowest BCUT2D eigenvalue weighted by Crippen LogP contribution is -2.18. The molecule has 138 valence electrons. The van der Waals surface area contributed by atoms with Gasteiger partial charge >= 0.3 is 0 Å². The number of alkyl halides is 3. The van der Waals surface area contributed by atoms with E-state index in [4.69, 9.17) is 0 Å². The van der Waals surface area contributed by atoms with Crippen LogP contribution in [-0.4, -0.2) is 0 Å². The van der Waals surface area contributed by atoms with Crippen molar-refractivity contribution in [1.29, 1.82) is 0 Å². The van der Waals surface area contributed by atoms with Gasteiger partial charge in [-0.1, -0.05) is 128 Å². The quantitative estimate of drug-likeness (QED) is 0.346. The molecule has 0 bridgehead atoms. The first-order valence-electron chi connectivity index (χ1n) is 8.62. The fourth-order valence-corrected chi connectivity index (χ4v) is 3.43. The standard InChI is InChI=1S/C21H33Br3/c1-19(2,3)16(22)13-10-14(17(23)20(4,5)6)12-15(11-13)18(24)21(7,8)9/h10-12,16-18H,1-9H3. The molecular formula is C21H33Br3. The average molecular weight is 525 g/mol. The largest absolute Gasteiger partial charge is 0.0833 e. The number of hydrogen-bond acceptors (Lipinski definition) is 0. The number of rotatable bonds is 3. The van der Waals surface area contributed by atoms with Gasteiger partial charge in [-0.3, -0.25) is 0 Å². The second kappa shape index (κ2) is 7.72. The summed E-state index contributed by atoms with van der Waals surface area (Å²) >= 11 is 11.8. The van der Waals surface area contributed by atoms with Gasteiger partial charge in [0.25, 0.3) is 0 Å². The molecule has 0 aliphatic carbocycles. The molecule has 0 aliphatic heterocycles. The molecule has 0 radical (unpaired) electrons. The van der Waals surface area contributed by atoms with E-state index >= 15 is 0 Å². The Kier molecular flexibility index (Phi) is 7.31. The van der Waals surface area contributed by atoms with E-state index in [1.807, 2.05) is 0 Å². The van der Waals surface area contributed by atoms with Crippen LogP contribution in [0, 0.1) is 16.2 Å². The van der Waals surface area contributed by atoms with E-state index in [0.717, 1.165) is 0 Å². The van der Waals surface area contributed by atoms with Crippen molar-refractivity contribution in [3.8, 4) is 0 Å². The lowest BCUT2D eigenvalue weighted by atomic mass is 9.81. The van der Waals surface area contributed by atoms with Crippen molar-refractivity contribution >= 4 is 47.8 Å². The maximum Gasteiger partial charge on any atom is 0.0443 e. The number of hydrogen-bond donors (Lipinski definition) is 0. The van der Waals surface area contributed by atoms with Crippen LogP contribution in [0.3, 0.4) is 0 Å². The van der Waals surface area contributed by atoms with Crippen molar-refractivity contribution in [1.82, 2.24) is 0 Å². The second-order valence-electron chi connectivity index (χ2n) is 10.1. The zero-order chi connectivity index (χ0) is 19.1. The molecule has 1 rings (SSSR count). The summed E-state index contributed by atoms with van der Waals surface area (Å²) in [6.45, 7) is 20.5. The van der Waals surface area contributed by atoms with Crippen molar-refractivity contribution in [3.05, 3.63) is 34.9 Å². The molecule has 1 aromatic carbocycles. The van der Waals surface area contributed by atoms with Gasteiger partial charge in [0, 0.05) is 14.5 Å². The molecule has 3 heteroatoms. The molecule has 24 heavy (non-hydrogen) atoms. The lowest BCUT2D eigenvalue weighted by Gasteiger charge is -2.32. The van der Waals surface area contributed by atoms with Gasteiger partial charge < -0.3 is 0 Å². The third kappa shape index (κ3) is 5.84. The monoisotopic (exact) mass is 522 g/mol. The highest BCUT2D eigenvalue weighted by Crippen LogP contribution is 2.48. The fourth-order valence-electron chi connectivity index (χ4n) is 2.64. The van der Waals surface area contributed by atoms with Gasteiger partial charge in [0.05, 0.1) is 0 Å². The van der Waals surface area contributed by atoms with Crippen LogP contribution < -0.4 is 0 Å². The first kappa shape index (κ1) is 22.7. The van der Waals surface area contributed by atoms with Crippen LogP contribution in [0.4, 0.5) is 0 Å². The summed E-state index contributed by atoms with van der Waals surface area (Å²) in [5.41, 5.74) is 4.58. The molecule has 0 N–H and O–H groups in total. The molecule has 0 fully saturated rings. The molecule has 0 amide bonds. The summed E-state index contributed by atoms with van der Waals surface area (Å²) in [6.07, 6.45) is 0. The van der Waals surface area contributed by atoms with Gasteiger partial charge in [-0.25, -0.2) is 0 Å². The maximum absolute atomic E-state index is 3.94. The van der Waals surface area contributed by atoms with Crippen LogP contribution in [0.5, 0.6) is 0 Å². The Balaban J connectivity index is 3.51. The normalized spacial score (nSPS) is 17.5. The Morgan fingerprint density at radius 3 is 0.792 bits per heavy atom. The Morgan fingerprint density at radius 2 is 0.667 bits per heavy atom. The highest BCUT2D eigenvalue weighted by atomic mass is 79.9. The molecule has 0 aromatic heterocycles. The van der Waals surface area contributed by atoms with Gasteiger partial charge in [0.15, 0.2) is 0 Å².